The second-order valence-corrected chi connectivity index (χ2v) is 2.95. The maximum Gasteiger partial charge on any atom is 0.191 e. The minimum absolute atomic E-state index is 0.0391. The number of carbonyl (C=O) groups excluding carboxylic acids is 1. The fourth-order valence-corrected chi connectivity index (χ4v) is 1.01. The van der Waals surface area contributed by atoms with Crippen molar-refractivity contribution in [3.8, 4) is 5.75 Å². The number of ether oxygens (including phenoxy) is 3. The molecule has 0 aliphatic heterocycles. The lowest BCUT2D eigenvalue weighted by Gasteiger charge is -2.06. The van der Waals surface area contributed by atoms with Crippen LogP contribution in [-0.2, 0) is 9.47 Å². The Bertz CT molecular complexity index is 305. The van der Waals surface area contributed by atoms with Gasteiger partial charge in [0, 0.05) is 12.7 Å². The molecular formula is C11H14O4. The van der Waals surface area contributed by atoms with Crippen LogP contribution in [0.5, 0.6) is 5.75 Å². The maximum atomic E-state index is 11.0. The van der Waals surface area contributed by atoms with Crippen molar-refractivity contribution < 1.29 is 19.0 Å². The average molecular weight is 210 g/mol. The van der Waals surface area contributed by atoms with Crippen LogP contribution >= 0.6 is 0 Å². The zero-order chi connectivity index (χ0) is 11.1. The Morgan fingerprint density at radius 3 is 2.40 bits per heavy atom. The fraction of sp³-hybridized carbons (Fsp3) is 0.364. The third-order valence-electron chi connectivity index (χ3n) is 1.77. The lowest BCUT2D eigenvalue weighted by Crippen LogP contribution is -2.05. The van der Waals surface area contributed by atoms with E-state index in [1.54, 1.807) is 31.4 Å². The monoisotopic (exact) mass is 210 g/mol. The molecule has 0 N–H and O–H groups in total. The van der Waals surface area contributed by atoms with E-state index in [0.717, 1.165) is 0 Å². The van der Waals surface area contributed by atoms with Gasteiger partial charge in [0.2, 0.25) is 0 Å². The van der Waals surface area contributed by atoms with E-state index < -0.39 is 0 Å². The van der Waals surface area contributed by atoms with E-state index in [4.69, 9.17) is 9.47 Å². The summed E-state index contributed by atoms with van der Waals surface area (Å²) >= 11 is 0. The molecule has 82 valence electrons. The molecule has 1 aromatic carbocycles. The Morgan fingerprint density at radius 2 is 1.87 bits per heavy atom. The molecular weight excluding hydrogens is 196 g/mol. The Kier molecular flexibility index (Phi) is 4.80. The lowest BCUT2D eigenvalue weighted by atomic mass is 10.1. The van der Waals surface area contributed by atoms with Gasteiger partial charge in [0.05, 0.1) is 0 Å². The predicted molar refractivity (Wildman–Crippen MR) is 54.9 cm³/mol. The summed E-state index contributed by atoms with van der Waals surface area (Å²) in [6.07, 6.45) is 0. The van der Waals surface area contributed by atoms with Crippen molar-refractivity contribution in [1.29, 1.82) is 0 Å². The van der Waals surface area contributed by atoms with Gasteiger partial charge >= 0.3 is 0 Å². The van der Waals surface area contributed by atoms with Gasteiger partial charge in [-0.25, -0.2) is 0 Å². The van der Waals surface area contributed by atoms with Crippen LogP contribution in [0.3, 0.4) is 0 Å². The van der Waals surface area contributed by atoms with Crippen LogP contribution in [-0.4, -0.2) is 26.5 Å². The highest BCUT2D eigenvalue weighted by atomic mass is 16.7. The normalized spacial score (nSPS) is 10.0. The van der Waals surface area contributed by atoms with Crippen LogP contribution in [0, 0.1) is 0 Å². The Morgan fingerprint density at radius 1 is 1.20 bits per heavy atom. The Balaban J connectivity index is 2.39. The van der Waals surface area contributed by atoms with Crippen molar-refractivity contribution in [2.24, 2.45) is 0 Å². The van der Waals surface area contributed by atoms with Crippen LogP contribution in [0.1, 0.15) is 17.3 Å². The van der Waals surface area contributed by atoms with Gasteiger partial charge in [-0.2, -0.15) is 0 Å². The molecule has 0 aromatic heterocycles. The first kappa shape index (κ1) is 11.7. The molecule has 0 fully saturated rings. The summed E-state index contributed by atoms with van der Waals surface area (Å²) in [5, 5.41) is 0. The third kappa shape index (κ3) is 4.10. The van der Waals surface area contributed by atoms with Crippen LogP contribution < -0.4 is 4.74 Å². The second kappa shape index (κ2) is 6.16. The summed E-state index contributed by atoms with van der Waals surface area (Å²) < 4.78 is 14.9. The van der Waals surface area contributed by atoms with E-state index in [-0.39, 0.29) is 19.4 Å². The van der Waals surface area contributed by atoms with Gasteiger partial charge in [-0.3, -0.25) is 4.79 Å². The first-order valence-electron chi connectivity index (χ1n) is 4.54. The van der Waals surface area contributed by atoms with E-state index in [9.17, 15) is 4.79 Å². The highest BCUT2D eigenvalue weighted by Gasteiger charge is 1.99. The van der Waals surface area contributed by atoms with Gasteiger partial charge in [0.1, 0.15) is 12.5 Å². The van der Waals surface area contributed by atoms with Crippen molar-refractivity contribution in [3.63, 3.8) is 0 Å². The van der Waals surface area contributed by atoms with E-state index >= 15 is 0 Å². The highest BCUT2D eigenvalue weighted by Crippen LogP contribution is 2.12. The number of benzene rings is 1. The summed E-state index contributed by atoms with van der Waals surface area (Å²) in [6, 6.07) is 6.89. The molecule has 0 aliphatic rings. The van der Waals surface area contributed by atoms with Gasteiger partial charge in [-0.1, -0.05) is 0 Å². The van der Waals surface area contributed by atoms with E-state index in [2.05, 4.69) is 4.74 Å². The van der Waals surface area contributed by atoms with E-state index in [1.165, 1.54) is 6.92 Å². The van der Waals surface area contributed by atoms with Crippen LogP contribution in [0.4, 0.5) is 0 Å². The first-order chi connectivity index (χ1) is 7.24. The summed E-state index contributed by atoms with van der Waals surface area (Å²) in [5.41, 5.74) is 0.667. The summed E-state index contributed by atoms with van der Waals surface area (Å²) in [7, 11) is 1.54. The van der Waals surface area contributed by atoms with Gasteiger partial charge in [0.25, 0.3) is 0 Å². The van der Waals surface area contributed by atoms with Crippen molar-refractivity contribution in [2.45, 2.75) is 6.92 Å². The van der Waals surface area contributed by atoms with Crippen molar-refractivity contribution >= 4 is 5.78 Å². The number of carbonyl (C=O) groups is 1. The maximum absolute atomic E-state index is 11.0. The quantitative estimate of drug-likeness (QED) is 0.408. The molecule has 1 rings (SSSR count). The van der Waals surface area contributed by atoms with Crippen LogP contribution in [0.2, 0.25) is 0 Å². The zero-order valence-electron chi connectivity index (χ0n) is 8.86. The zero-order valence-corrected chi connectivity index (χ0v) is 8.86. The number of Topliss-reactive ketones (excluding diaryl/α,β-unsaturated/α-hetero) is 1. The minimum atomic E-state index is 0.0391. The Hall–Kier alpha value is -1.39. The van der Waals surface area contributed by atoms with E-state index in [0.29, 0.717) is 11.3 Å². The summed E-state index contributed by atoms with van der Waals surface area (Å²) in [6.45, 7) is 1.86. The lowest BCUT2D eigenvalue weighted by molar-refractivity contribution is -0.0835. The number of hydrogen-bond donors (Lipinski definition) is 0. The number of methoxy groups -OCH3 is 1. The van der Waals surface area contributed by atoms with Crippen LogP contribution in [0.15, 0.2) is 24.3 Å². The topological polar surface area (TPSA) is 44.8 Å². The van der Waals surface area contributed by atoms with Crippen molar-refractivity contribution in [3.05, 3.63) is 29.8 Å². The molecule has 0 radical (unpaired) electrons. The molecule has 0 aliphatic carbocycles. The van der Waals surface area contributed by atoms with Crippen LogP contribution in [0.25, 0.3) is 0 Å². The number of ketones is 1. The van der Waals surface area contributed by atoms with Gasteiger partial charge < -0.3 is 14.2 Å². The van der Waals surface area contributed by atoms with Gasteiger partial charge in [-0.05, 0) is 31.2 Å². The SMILES string of the molecule is COCOCOc1ccc(C(C)=O)cc1. The molecule has 0 heterocycles. The largest absolute Gasteiger partial charge is 0.467 e. The molecule has 1 aromatic rings. The molecule has 4 heteroatoms. The fourth-order valence-electron chi connectivity index (χ4n) is 1.01. The van der Waals surface area contributed by atoms with Gasteiger partial charge in [0.15, 0.2) is 12.6 Å². The standard InChI is InChI=1S/C11H14O4/c1-9(12)10-3-5-11(6-4-10)15-8-14-7-13-2/h3-6H,7-8H2,1-2H3. The van der Waals surface area contributed by atoms with E-state index in [1.807, 2.05) is 0 Å². The molecule has 0 saturated heterocycles. The second-order valence-electron chi connectivity index (χ2n) is 2.95. The summed E-state index contributed by atoms with van der Waals surface area (Å²) in [4.78, 5) is 11.0. The molecule has 0 bridgehead atoms. The Labute approximate surface area is 88.8 Å². The molecule has 15 heavy (non-hydrogen) atoms. The van der Waals surface area contributed by atoms with Crippen molar-refractivity contribution in [1.82, 2.24) is 0 Å². The highest BCUT2D eigenvalue weighted by molar-refractivity contribution is 5.94. The van der Waals surface area contributed by atoms with Crippen molar-refractivity contribution in [2.75, 3.05) is 20.7 Å². The molecule has 4 nitrogen and oxygen atoms in total. The molecule has 0 amide bonds. The molecule has 0 unspecified atom stereocenters. The first-order valence-corrected chi connectivity index (χ1v) is 4.54. The summed E-state index contributed by atoms with van der Waals surface area (Å²) in [5.74, 6) is 0.702. The third-order valence-corrected chi connectivity index (χ3v) is 1.77. The molecule has 0 atom stereocenters. The smallest absolute Gasteiger partial charge is 0.191 e. The minimum Gasteiger partial charge on any atom is -0.467 e. The predicted octanol–water partition coefficient (Wildman–Crippen LogP) is 1.85. The number of rotatable bonds is 6. The average Bonchev–Trinajstić information content (AvgIpc) is 2.25. The molecule has 0 spiro atoms. The molecule has 0 saturated carbocycles. The number of hydrogen-bond acceptors (Lipinski definition) is 4. The van der Waals surface area contributed by atoms with Gasteiger partial charge in [-0.15, -0.1) is 0 Å².